The first-order valence-electron chi connectivity index (χ1n) is 9.33. The van der Waals surface area contributed by atoms with Gasteiger partial charge in [0, 0.05) is 5.56 Å². The van der Waals surface area contributed by atoms with Gasteiger partial charge in [-0.2, -0.15) is 0 Å². The SMILES string of the molecule is O=C(C[C@H]([NH2+]Cc1ccco1)C(=O)[O-])c1ccc(C2CCCCC2)cc1. The number of quaternary nitrogens is 1. The summed E-state index contributed by atoms with van der Waals surface area (Å²) < 4.78 is 5.19. The van der Waals surface area contributed by atoms with Crippen LogP contribution in [0.5, 0.6) is 0 Å². The van der Waals surface area contributed by atoms with Gasteiger partial charge in [0.1, 0.15) is 12.6 Å². The molecule has 5 heteroatoms. The Kier molecular flexibility index (Phi) is 6.23. The molecule has 0 radical (unpaired) electrons. The van der Waals surface area contributed by atoms with Crippen molar-refractivity contribution in [2.45, 2.75) is 57.0 Å². The van der Waals surface area contributed by atoms with E-state index in [2.05, 4.69) is 0 Å². The quantitative estimate of drug-likeness (QED) is 0.731. The zero-order chi connectivity index (χ0) is 18.4. The monoisotopic (exact) mass is 355 g/mol. The van der Waals surface area contributed by atoms with Gasteiger partial charge in [0.15, 0.2) is 11.5 Å². The molecule has 1 fully saturated rings. The highest BCUT2D eigenvalue weighted by molar-refractivity contribution is 5.98. The van der Waals surface area contributed by atoms with E-state index in [1.165, 1.54) is 43.9 Å². The molecule has 1 aliphatic rings. The highest BCUT2D eigenvalue weighted by Gasteiger charge is 2.21. The van der Waals surface area contributed by atoms with Crippen LogP contribution in [0.4, 0.5) is 0 Å². The van der Waals surface area contributed by atoms with Crippen molar-refractivity contribution in [2.75, 3.05) is 0 Å². The van der Waals surface area contributed by atoms with Crippen molar-refractivity contribution in [3.8, 4) is 0 Å². The molecule has 26 heavy (non-hydrogen) atoms. The largest absolute Gasteiger partial charge is 0.544 e. The van der Waals surface area contributed by atoms with Gasteiger partial charge in [-0.05, 0) is 36.5 Å². The fourth-order valence-corrected chi connectivity index (χ4v) is 3.64. The topological polar surface area (TPSA) is 87.0 Å². The Labute approximate surface area is 153 Å². The Morgan fingerprint density at radius 3 is 2.46 bits per heavy atom. The van der Waals surface area contributed by atoms with Crippen LogP contribution >= 0.6 is 0 Å². The second kappa shape index (κ2) is 8.81. The minimum atomic E-state index is -1.23. The van der Waals surface area contributed by atoms with Crippen molar-refractivity contribution in [2.24, 2.45) is 0 Å². The molecule has 0 amide bonds. The molecule has 0 bridgehead atoms. The molecule has 1 aliphatic carbocycles. The smallest absolute Gasteiger partial charge is 0.169 e. The number of aliphatic carboxylic acids is 1. The summed E-state index contributed by atoms with van der Waals surface area (Å²) in [5.74, 6) is -0.153. The number of carboxylic acid groups (broad SMARTS) is 1. The van der Waals surface area contributed by atoms with Crippen LogP contribution in [0.15, 0.2) is 47.1 Å². The summed E-state index contributed by atoms with van der Waals surface area (Å²) in [5.41, 5.74) is 1.84. The first-order chi connectivity index (χ1) is 12.6. The number of carbonyl (C=O) groups is 2. The van der Waals surface area contributed by atoms with E-state index in [9.17, 15) is 14.7 Å². The molecule has 1 heterocycles. The molecule has 5 nitrogen and oxygen atoms in total. The number of nitrogens with two attached hydrogens (primary N) is 1. The second-order valence-electron chi connectivity index (χ2n) is 7.03. The number of carboxylic acids is 1. The van der Waals surface area contributed by atoms with Crippen molar-refractivity contribution in [1.29, 1.82) is 0 Å². The Morgan fingerprint density at radius 2 is 1.85 bits per heavy atom. The van der Waals surface area contributed by atoms with Crippen LogP contribution in [0.3, 0.4) is 0 Å². The van der Waals surface area contributed by atoms with Gasteiger partial charge in [-0.25, -0.2) is 0 Å². The van der Waals surface area contributed by atoms with Crippen molar-refractivity contribution in [3.05, 3.63) is 59.5 Å². The minimum absolute atomic E-state index is 0.0915. The summed E-state index contributed by atoms with van der Waals surface area (Å²) in [6.45, 7) is 0.361. The van der Waals surface area contributed by atoms with E-state index < -0.39 is 12.0 Å². The van der Waals surface area contributed by atoms with Gasteiger partial charge >= 0.3 is 0 Å². The van der Waals surface area contributed by atoms with Gasteiger partial charge in [0.25, 0.3) is 0 Å². The summed E-state index contributed by atoms with van der Waals surface area (Å²) in [6, 6.07) is 10.3. The van der Waals surface area contributed by atoms with Crippen LogP contribution in [-0.4, -0.2) is 17.8 Å². The zero-order valence-electron chi connectivity index (χ0n) is 14.9. The Morgan fingerprint density at radius 1 is 1.12 bits per heavy atom. The van der Waals surface area contributed by atoms with Gasteiger partial charge < -0.3 is 19.6 Å². The van der Waals surface area contributed by atoms with E-state index in [1.807, 2.05) is 24.3 Å². The maximum Gasteiger partial charge on any atom is 0.169 e. The molecule has 0 aliphatic heterocycles. The standard InChI is InChI=1S/C21H25NO4/c23-20(13-19(21(24)25)22-14-18-7-4-12-26-18)17-10-8-16(9-11-17)15-5-2-1-3-6-15/h4,7-12,15,19,22H,1-3,5-6,13-14H2,(H,24,25)/t19-/m0/s1. The number of rotatable bonds is 8. The first-order valence-corrected chi connectivity index (χ1v) is 9.33. The summed E-state index contributed by atoms with van der Waals surface area (Å²) in [5, 5.41) is 12.9. The molecule has 0 saturated heterocycles. The Hall–Kier alpha value is -2.40. The highest BCUT2D eigenvalue weighted by atomic mass is 16.4. The number of carbonyl (C=O) groups excluding carboxylic acids is 2. The molecular weight excluding hydrogens is 330 g/mol. The van der Waals surface area contributed by atoms with Crippen molar-refractivity contribution < 1.29 is 24.4 Å². The number of Topliss-reactive ketones (excluding diaryl/α,β-unsaturated/α-hetero) is 1. The van der Waals surface area contributed by atoms with E-state index in [-0.39, 0.29) is 12.2 Å². The summed E-state index contributed by atoms with van der Waals surface area (Å²) in [7, 11) is 0. The molecular formula is C21H25NO4. The van der Waals surface area contributed by atoms with Crippen LogP contribution in [0.2, 0.25) is 0 Å². The van der Waals surface area contributed by atoms with E-state index >= 15 is 0 Å². The lowest BCUT2D eigenvalue weighted by Gasteiger charge is -2.22. The van der Waals surface area contributed by atoms with Gasteiger partial charge in [-0.15, -0.1) is 0 Å². The molecule has 2 N–H and O–H groups in total. The Bertz CT molecular complexity index is 715. The van der Waals surface area contributed by atoms with Gasteiger partial charge in [-0.1, -0.05) is 43.5 Å². The van der Waals surface area contributed by atoms with Crippen molar-refractivity contribution >= 4 is 11.8 Å². The fourth-order valence-electron chi connectivity index (χ4n) is 3.64. The average molecular weight is 355 g/mol. The lowest BCUT2D eigenvalue weighted by Crippen LogP contribution is -2.92. The maximum atomic E-state index is 12.5. The minimum Gasteiger partial charge on any atom is -0.544 e. The third kappa shape index (κ3) is 4.82. The van der Waals surface area contributed by atoms with Crippen LogP contribution in [0.1, 0.15) is 66.1 Å². The van der Waals surface area contributed by atoms with E-state index in [0.29, 0.717) is 23.8 Å². The molecule has 0 spiro atoms. The number of furan rings is 1. The van der Waals surface area contributed by atoms with Crippen LogP contribution in [-0.2, 0) is 11.3 Å². The number of benzene rings is 1. The average Bonchev–Trinajstić information content (AvgIpc) is 3.19. The van der Waals surface area contributed by atoms with Gasteiger partial charge in [0.2, 0.25) is 0 Å². The lowest BCUT2D eigenvalue weighted by molar-refractivity contribution is -0.698. The molecule has 3 rings (SSSR count). The van der Waals surface area contributed by atoms with Gasteiger partial charge in [0.05, 0.1) is 18.7 Å². The highest BCUT2D eigenvalue weighted by Crippen LogP contribution is 2.32. The molecule has 138 valence electrons. The summed E-state index contributed by atoms with van der Waals surface area (Å²) >= 11 is 0. The van der Waals surface area contributed by atoms with E-state index in [0.717, 1.165) is 0 Å². The maximum absolute atomic E-state index is 12.5. The molecule has 0 unspecified atom stereocenters. The fraction of sp³-hybridized carbons (Fsp3) is 0.429. The van der Waals surface area contributed by atoms with Crippen LogP contribution in [0, 0.1) is 0 Å². The first kappa shape index (κ1) is 18.4. The second-order valence-corrected chi connectivity index (χ2v) is 7.03. The third-order valence-electron chi connectivity index (χ3n) is 5.20. The Balaban J connectivity index is 1.58. The number of ketones is 1. The molecule has 2 aromatic rings. The van der Waals surface area contributed by atoms with E-state index in [4.69, 9.17) is 4.42 Å². The normalized spacial score (nSPS) is 16.3. The summed E-state index contributed by atoms with van der Waals surface area (Å²) in [4.78, 5) is 23.8. The number of hydrogen-bond acceptors (Lipinski definition) is 4. The van der Waals surface area contributed by atoms with E-state index in [1.54, 1.807) is 17.4 Å². The van der Waals surface area contributed by atoms with Crippen LogP contribution in [0.25, 0.3) is 0 Å². The van der Waals surface area contributed by atoms with Crippen LogP contribution < -0.4 is 10.4 Å². The molecule has 1 atom stereocenters. The van der Waals surface area contributed by atoms with Crippen molar-refractivity contribution in [3.63, 3.8) is 0 Å². The molecule has 1 saturated carbocycles. The van der Waals surface area contributed by atoms with Crippen molar-refractivity contribution in [1.82, 2.24) is 0 Å². The van der Waals surface area contributed by atoms with Gasteiger partial charge in [-0.3, -0.25) is 4.79 Å². The molecule has 1 aromatic heterocycles. The zero-order valence-corrected chi connectivity index (χ0v) is 14.9. The summed E-state index contributed by atoms with van der Waals surface area (Å²) in [6.07, 6.45) is 7.71. The molecule has 1 aromatic carbocycles. The number of hydrogen-bond donors (Lipinski definition) is 1. The third-order valence-corrected chi connectivity index (χ3v) is 5.20. The lowest BCUT2D eigenvalue weighted by atomic mass is 9.84. The predicted molar refractivity (Wildman–Crippen MR) is 94.3 cm³/mol. The predicted octanol–water partition coefficient (Wildman–Crippen LogP) is 1.78.